The topological polar surface area (TPSA) is 76.5 Å². The number of carbonyl (C=O) groups is 1. The van der Waals surface area contributed by atoms with Gasteiger partial charge in [-0.1, -0.05) is 43.7 Å². The lowest BCUT2D eigenvalue weighted by atomic mass is 9.88. The summed E-state index contributed by atoms with van der Waals surface area (Å²) in [5.41, 5.74) is 1.77. The second kappa shape index (κ2) is 7.97. The van der Waals surface area contributed by atoms with Crippen molar-refractivity contribution in [1.29, 1.82) is 0 Å². The maximum Gasteiger partial charge on any atom is 0.295 e. The Morgan fingerprint density at radius 1 is 1.00 bits per heavy atom. The zero-order valence-corrected chi connectivity index (χ0v) is 16.7. The minimum atomic E-state index is -0.0671. The van der Waals surface area contributed by atoms with E-state index in [-0.39, 0.29) is 11.7 Å². The van der Waals surface area contributed by atoms with Gasteiger partial charge < -0.3 is 13.8 Å². The largest absolute Gasteiger partial charge is 0.333 e. The van der Waals surface area contributed by atoms with Gasteiger partial charge in [0.2, 0.25) is 0 Å². The molecule has 3 aromatic heterocycles. The number of nitrogens with zero attached hydrogens (tertiary/aromatic N) is 5. The molecule has 0 aromatic carbocycles. The molecule has 0 N–H and O–H groups in total. The predicted molar refractivity (Wildman–Crippen MR) is 108 cm³/mol. The standard InChI is InChI=1S/C22H27N5O2/c28-22(27(17-7-3-1-4-8-17)18-9-5-2-6-10-18)20-24-21(29-25-20)16-11-12-19-13-23-15-26(19)14-16/h11-15,17-18H,1-10H2. The lowest BCUT2D eigenvalue weighted by Gasteiger charge is -2.41. The summed E-state index contributed by atoms with van der Waals surface area (Å²) in [5, 5.41) is 4.07. The fourth-order valence-corrected chi connectivity index (χ4v) is 4.94. The molecule has 2 aliphatic rings. The molecule has 1 amide bonds. The third kappa shape index (κ3) is 3.66. The quantitative estimate of drug-likeness (QED) is 0.653. The Bertz CT molecular complexity index is 964. The molecule has 0 bridgehead atoms. The molecule has 2 aliphatic carbocycles. The monoisotopic (exact) mass is 393 g/mol. The van der Waals surface area contributed by atoms with E-state index >= 15 is 0 Å². The van der Waals surface area contributed by atoms with Crippen LogP contribution in [0.3, 0.4) is 0 Å². The normalized spacial score (nSPS) is 18.9. The number of imidazole rings is 1. The van der Waals surface area contributed by atoms with Crippen molar-refractivity contribution in [1.82, 2.24) is 24.4 Å². The van der Waals surface area contributed by atoms with E-state index in [0.717, 1.165) is 36.8 Å². The van der Waals surface area contributed by atoms with E-state index in [2.05, 4.69) is 20.0 Å². The van der Waals surface area contributed by atoms with Gasteiger partial charge in [0.1, 0.15) is 0 Å². The number of pyridine rings is 1. The minimum Gasteiger partial charge on any atom is -0.333 e. The smallest absolute Gasteiger partial charge is 0.295 e. The van der Waals surface area contributed by atoms with Gasteiger partial charge in [-0.15, -0.1) is 0 Å². The molecule has 0 saturated heterocycles. The Morgan fingerprint density at radius 3 is 2.38 bits per heavy atom. The number of rotatable bonds is 4. The van der Waals surface area contributed by atoms with Gasteiger partial charge in [-0.25, -0.2) is 4.98 Å². The molecule has 29 heavy (non-hydrogen) atoms. The molecular weight excluding hydrogens is 366 g/mol. The summed E-state index contributed by atoms with van der Waals surface area (Å²) in [6.07, 6.45) is 17.1. The van der Waals surface area contributed by atoms with Gasteiger partial charge in [0.05, 0.1) is 23.6 Å². The van der Waals surface area contributed by atoms with E-state index in [9.17, 15) is 4.79 Å². The first-order chi connectivity index (χ1) is 14.3. The van der Waals surface area contributed by atoms with Crippen molar-refractivity contribution in [3.8, 4) is 11.5 Å². The first-order valence-corrected chi connectivity index (χ1v) is 10.9. The molecule has 0 spiro atoms. The maximum atomic E-state index is 13.5. The van der Waals surface area contributed by atoms with E-state index in [0.29, 0.717) is 18.0 Å². The Labute approximate surface area is 170 Å². The van der Waals surface area contributed by atoms with Crippen LogP contribution in [-0.2, 0) is 0 Å². The second-order valence-electron chi connectivity index (χ2n) is 8.36. The van der Waals surface area contributed by atoms with Crippen molar-refractivity contribution in [2.24, 2.45) is 0 Å². The molecule has 0 atom stereocenters. The Hall–Kier alpha value is -2.70. The molecule has 0 unspecified atom stereocenters. The van der Waals surface area contributed by atoms with Gasteiger partial charge in [-0.05, 0) is 37.8 Å². The van der Waals surface area contributed by atoms with Crippen molar-refractivity contribution < 1.29 is 9.32 Å². The fourth-order valence-electron chi connectivity index (χ4n) is 4.94. The van der Waals surface area contributed by atoms with E-state index in [1.165, 1.54) is 38.5 Å². The summed E-state index contributed by atoms with van der Waals surface area (Å²) >= 11 is 0. The third-order valence-electron chi connectivity index (χ3n) is 6.44. The molecule has 0 aliphatic heterocycles. The van der Waals surface area contributed by atoms with Gasteiger partial charge in [0.25, 0.3) is 17.6 Å². The van der Waals surface area contributed by atoms with E-state index in [1.807, 2.05) is 22.7 Å². The fraction of sp³-hybridized carbons (Fsp3) is 0.545. The molecule has 2 fully saturated rings. The highest BCUT2D eigenvalue weighted by atomic mass is 16.5. The predicted octanol–water partition coefficient (Wildman–Crippen LogP) is 4.49. The highest BCUT2D eigenvalue weighted by molar-refractivity contribution is 5.91. The third-order valence-corrected chi connectivity index (χ3v) is 6.44. The van der Waals surface area contributed by atoms with Gasteiger partial charge in [0.15, 0.2) is 0 Å². The molecule has 0 radical (unpaired) electrons. The number of hydrogen-bond donors (Lipinski definition) is 0. The van der Waals surface area contributed by atoms with Crippen LogP contribution in [0.4, 0.5) is 0 Å². The van der Waals surface area contributed by atoms with E-state index in [4.69, 9.17) is 4.52 Å². The summed E-state index contributed by atoms with van der Waals surface area (Å²) in [4.78, 5) is 24.2. The lowest BCUT2D eigenvalue weighted by Crippen LogP contribution is -2.49. The van der Waals surface area contributed by atoms with Crippen LogP contribution in [0.5, 0.6) is 0 Å². The van der Waals surface area contributed by atoms with Gasteiger partial charge in [-0.2, -0.15) is 4.98 Å². The van der Waals surface area contributed by atoms with Crippen LogP contribution in [0.2, 0.25) is 0 Å². The number of fused-ring (bicyclic) bond motifs is 1. The van der Waals surface area contributed by atoms with Gasteiger partial charge >= 0.3 is 0 Å². The maximum absolute atomic E-state index is 13.5. The molecular formula is C22H27N5O2. The van der Waals surface area contributed by atoms with Crippen LogP contribution < -0.4 is 0 Å². The molecule has 7 nitrogen and oxygen atoms in total. The highest BCUT2D eigenvalue weighted by Crippen LogP contribution is 2.31. The summed E-state index contributed by atoms with van der Waals surface area (Å²) < 4.78 is 7.38. The average Bonchev–Trinajstić information content (AvgIpc) is 3.44. The summed E-state index contributed by atoms with van der Waals surface area (Å²) in [5.74, 6) is 0.487. The number of aromatic nitrogens is 4. The van der Waals surface area contributed by atoms with Crippen molar-refractivity contribution in [2.75, 3.05) is 0 Å². The van der Waals surface area contributed by atoms with Crippen LogP contribution in [-0.4, -0.2) is 42.4 Å². The van der Waals surface area contributed by atoms with Crippen LogP contribution in [0, 0.1) is 0 Å². The van der Waals surface area contributed by atoms with Crippen molar-refractivity contribution >= 4 is 11.4 Å². The van der Waals surface area contributed by atoms with E-state index in [1.54, 1.807) is 12.5 Å². The lowest BCUT2D eigenvalue weighted by molar-refractivity contribution is 0.0433. The van der Waals surface area contributed by atoms with E-state index < -0.39 is 0 Å². The molecule has 152 valence electrons. The summed E-state index contributed by atoms with van der Waals surface area (Å²) in [6.45, 7) is 0. The summed E-state index contributed by atoms with van der Waals surface area (Å²) in [7, 11) is 0. The van der Waals surface area contributed by atoms with Crippen molar-refractivity contribution in [3.05, 3.63) is 36.7 Å². The number of amides is 1. The minimum absolute atomic E-state index is 0.0671. The van der Waals surface area contributed by atoms with Crippen molar-refractivity contribution in [3.63, 3.8) is 0 Å². The molecule has 5 rings (SSSR count). The van der Waals surface area contributed by atoms with Crippen LogP contribution >= 0.6 is 0 Å². The first kappa shape index (κ1) is 18.3. The zero-order chi connectivity index (χ0) is 19.6. The number of carbonyl (C=O) groups excluding carboxylic acids is 1. The number of hydrogen-bond acceptors (Lipinski definition) is 5. The Morgan fingerprint density at radius 2 is 1.69 bits per heavy atom. The summed E-state index contributed by atoms with van der Waals surface area (Å²) in [6, 6.07) is 4.48. The highest BCUT2D eigenvalue weighted by Gasteiger charge is 2.35. The van der Waals surface area contributed by atoms with Crippen LogP contribution in [0.1, 0.15) is 74.8 Å². The van der Waals surface area contributed by atoms with Crippen LogP contribution in [0.15, 0.2) is 35.4 Å². The Balaban J connectivity index is 1.42. The van der Waals surface area contributed by atoms with Crippen molar-refractivity contribution in [2.45, 2.75) is 76.3 Å². The average molecular weight is 393 g/mol. The first-order valence-electron chi connectivity index (χ1n) is 10.9. The molecule has 7 heteroatoms. The molecule has 2 saturated carbocycles. The molecule has 3 aromatic rings. The second-order valence-corrected chi connectivity index (χ2v) is 8.36. The Kier molecular flexibility index (Phi) is 5.04. The molecule has 3 heterocycles. The zero-order valence-electron chi connectivity index (χ0n) is 16.7. The van der Waals surface area contributed by atoms with Gasteiger partial charge in [0, 0.05) is 18.3 Å². The SMILES string of the molecule is O=C(c1noc(-c2ccc3cncn3c2)n1)N(C1CCCCC1)C1CCCCC1. The van der Waals surface area contributed by atoms with Crippen LogP contribution in [0.25, 0.3) is 17.0 Å². The van der Waals surface area contributed by atoms with Gasteiger partial charge in [-0.3, -0.25) is 4.79 Å².